The standard InChI is InChI=1S/C20H24N2O3.H2S/c1-3-18-13-25-19-10-16(20(23)21-24)8-9-17(19)12-22(18)11-15-6-4-14(2)5-7-15;/h4-10,18,24H,3,11-13H2,1-2H3,(H,21,23);1H2/t18-;/m0./s1. The molecule has 1 aliphatic rings. The molecule has 1 heterocycles. The molecule has 0 fully saturated rings. The van der Waals surface area contributed by atoms with Crippen molar-refractivity contribution in [1.82, 2.24) is 10.4 Å². The van der Waals surface area contributed by atoms with Gasteiger partial charge in [-0.05, 0) is 31.0 Å². The van der Waals surface area contributed by atoms with Gasteiger partial charge in [-0.15, -0.1) is 0 Å². The number of rotatable bonds is 4. The van der Waals surface area contributed by atoms with Gasteiger partial charge in [0.15, 0.2) is 0 Å². The van der Waals surface area contributed by atoms with Crippen molar-refractivity contribution < 1.29 is 14.7 Å². The van der Waals surface area contributed by atoms with Gasteiger partial charge in [-0.3, -0.25) is 14.9 Å². The lowest BCUT2D eigenvalue weighted by atomic mass is 10.1. The van der Waals surface area contributed by atoms with Crippen LogP contribution in [0.25, 0.3) is 0 Å². The highest BCUT2D eigenvalue weighted by atomic mass is 32.1. The molecule has 0 aromatic heterocycles. The van der Waals surface area contributed by atoms with Crippen LogP contribution in [0.15, 0.2) is 42.5 Å². The molecule has 0 unspecified atom stereocenters. The molecule has 0 aliphatic carbocycles. The molecule has 3 rings (SSSR count). The largest absolute Gasteiger partial charge is 0.492 e. The van der Waals surface area contributed by atoms with Gasteiger partial charge in [0, 0.05) is 30.3 Å². The third kappa shape index (κ3) is 4.58. The first kappa shape index (κ1) is 20.3. The first-order valence-electron chi connectivity index (χ1n) is 8.60. The van der Waals surface area contributed by atoms with Crippen LogP contribution in [0.1, 0.15) is 40.4 Å². The van der Waals surface area contributed by atoms with Crippen molar-refractivity contribution in [3.05, 3.63) is 64.7 Å². The molecule has 2 aromatic carbocycles. The van der Waals surface area contributed by atoms with E-state index in [9.17, 15) is 4.79 Å². The molecule has 2 aromatic rings. The number of hydrogen-bond acceptors (Lipinski definition) is 4. The molecule has 26 heavy (non-hydrogen) atoms. The average molecular weight is 375 g/mol. The van der Waals surface area contributed by atoms with Gasteiger partial charge in [0.2, 0.25) is 0 Å². The topological polar surface area (TPSA) is 61.8 Å². The van der Waals surface area contributed by atoms with Crippen molar-refractivity contribution >= 4 is 19.4 Å². The highest BCUT2D eigenvalue weighted by Crippen LogP contribution is 2.28. The molecule has 1 amide bonds. The molecule has 0 spiro atoms. The Labute approximate surface area is 161 Å². The average Bonchev–Trinajstić information content (AvgIpc) is 2.81. The number of aryl methyl sites for hydroxylation is 1. The Morgan fingerprint density at radius 1 is 1.27 bits per heavy atom. The number of hydrogen-bond donors (Lipinski definition) is 2. The number of carbonyl (C=O) groups excluding carboxylic acids is 1. The van der Waals surface area contributed by atoms with Gasteiger partial charge >= 0.3 is 0 Å². The molecule has 2 N–H and O–H groups in total. The zero-order chi connectivity index (χ0) is 17.8. The van der Waals surface area contributed by atoms with Crippen LogP contribution >= 0.6 is 13.5 Å². The molecule has 0 saturated carbocycles. The van der Waals surface area contributed by atoms with E-state index < -0.39 is 5.91 Å². The molecule has 0 saturated heterocycles. The van der Waals surface area contributed by atoms with Crippen molar-refractivity contribution in [1.29, 1.82) is 0 Å². The summed E-state index contributed by atoms with van der Waals surface area (Å²) in [5.74, 6) is 0.185. The number of hydroxylamine groups is 1. The van der Waals surface area contributed by atoms with Gasteiger partial charge in [0.05, 0.1) is 0 Å². The molecule has 6 heteroatoms. The lowest BCUT2D eigenvalue weighted by molar-refractivity contribution is 0.0706. The van der Waals surface area contributed by atoms with E-state index in [-0.39, 0.29) is 13.5 Å². The molecular weight excluding hydrogens is 348 g/mol. The second-order valence-corrected chi connectivity index (χ2v) is 6.53. The van der Waals surface area contributed by atoms with Gasteiger partial charge in [0.1, 0.15) is 12.4 Å². The van der Waals surface area contributed by atoms with Crippen LogP contribution in [-0.2, 0) is 13.1 Å². The summed E-state index contributed by atoms with van der Waals surface area (Å²) in [6.07, 6.45) is 0.990. The number of fused-ring (bicyclic) bond motifs is 1. The Bertz CT molecular complexity index is 749. The summed E-state index contributed by atoms with van der Waals surface area (Å²) in [6, 6.07) is 14.2. The zero-order valence-corrected chi connectivity index (χ0v) is 16.2. The highest BCUT2D eigenvalue weighted by Gasteiger charge is 2.24. The third-order valence-corrected chi connectivity index (χ3v) is 4.73. The third-order valence-electron chi connectivity index (χ3n) is 4.73. The molecule has 1 atom stereocenters. The maximum absolute atomic E-state index is 11.6. The van der Waals surface area contributed by atoms with Crippen molar-refractivity contribution in [2.75, 3.05) is 6.61 Å². The molecule has 0 bridgehead atoms. The van der Waals surface area contributed by atoms with E-state index >= 15 is 0 Å². The molecule has 5 nitrogen and oxygen atoms in total. The van der Waals surface area contributed by atoms with Crippen molar-refractivity contribution in [2.45, 2.75) is 39.4 Å². The predicted molar refractivity (Wildman–Crippen MR) is 106 cm³/mol. The minimum Gasteiger partial charge on any atom is -0.492 e. The SMILES string of the molecule is CC[C@H]1COc2cc(C(=O)NO)ccc2CN1Cc1ccc(C)cc1.S. The number of nitrogens with zero attached hydrogens (tertiary/aromatic N) is 1. The molecule has 140 valence electrons. The smallest absolute Gasteiger partial charge is 0.274 e. The molecule has 0 radical (unpaired) electrons. The van der Waals surface area contributed by atoms with Gasteiger partial charge < -0.3 is 4.74 Å². The Morgan fingerprint density at radius 2 is 2.00 bits per heavy atom. The van der Waals surface area contributed by atoms with Crippen LogP contribution in [-0.4, -0.2) is 28.7 Å². The Balaban J connectivity index is 0.00000243. The Kier molecular flexibility index (Phi) is 7.08. The lowest BCUT2D eigenvalue weighted by Gasteiger charge is -2.28. The fourth-order valence-corrected chi connectivity index (χ4v) is 3.15. The summed E-state index contributed by atoms with van der Waals surface area (Å²) in [6.45, 7) is 6.47. The van der Waals surface area contributed by atoms with Crippen molar-refractivity contribution in [3.8, 4) is 5.75 Å². The number of ether oxygens (including phenoxy) is 1. The normalized spacial score (nSPS) is 16.7. The highest BCUT2D eigenvalue weighted by molar-refractivity contribution is 7.59. The summed E-state index contributed by atoms with van der Waals surface area (Å²) >= 11 is 0. The summed E-state index contributed by atoms with van der Waals surface area (Å²) < 4.78 is 5.97. The maximum Gasteiger partial charge on any atom is 0.274 e. The van der Waals surface area contributed by atoms with Crippen LogP contribution in [0.4, 0.5) is 0 Å². The van der Waals surface area contributed by atoms with E-state index in [0.29, 0.717) is 24.0 Å². The monoisotopic (exact) mass is 374 g/mol. The van der Waals surface area contributed by atoms with E-state index in [1.54, 1.807) is 17.6 Å². The fraction of sp³-hybridized carbons (Fsp3) is 0.350. The van der Waals surface area contributed by atoms with Crippen LogP contribution in [0.3, 0.4) is 0 Å². The van der Waals surface area contributed by atoms with E-state index in [4.69, 9.17) is 9.94 Å². The van der Waals surface area contributed by atoms with Crippen LogP contribution in [0.2, 0.25) is 0 Å². The van der Waals surface area contributed by atoms with E-state index in [1.165, 1.54) is 11.1 Å². The van der Waals surface area contributed by atoms with Crippen molar-refractivity contribution in [2.24, 2.45) is 0 Å². The van der Waals surface area contributed by atoms with Crippen LogP contribution in [0.5, 0.6) is 5.75 Å². The lowest BCUT2D eigenvalue weighted by Crippen LogP contribution is -2.36. The number of amides is 1. The molecule has 1 aliphatic heterocycles. The summed E-state index contributed by atoms with van der Waals surface area (Å²) in [5, 5.41) is 8.81. The Morgan fingerprint density at radius 3 is 2.65 bits per heavy atom. The van der Waals surface area contributed by atoms with E-state index in [1.807, 2.05) is 6.07 Å². The first-order valence-corrected chi connectivity index (χ1v) is 8.60. The van der Waals surface area contributed by atoms with Gasteiger partial charge in [0.25, 0.3) is 5.91 Å². The quantitative estimate of drug-likeness (QED) is 0.636. The fourth-order valence-electron chi connectivity index (χ4n) is 3.15. The Hall–Kier alpha value is -2.02. The summed E-state index contributed by atoms with van der Waals surface area (Å²) in [7, 11) is 0. The van der Waals surface area contributed by atoms with E-state index in [0.717, 1.165) is 25.1 Å². The van der Waals surface area contributed by atoms with Gasteiger partial charge in [-0.1, -0.05) is 42.8 Å². The summed E-state index contributed by atoms with van der Waals surface area (Å²) in [5.41, 5.74) is 5.65. The number of benzene rings is 2. The van der Waals surface area contributed by atoms with Gasteiger partial charge in [-0.2, -0.15) is 13.5 Å². The second-order valence-electron chi connectivity index (χ2n) is 6.53. The summed E-state index contributed by atoms with van der Waals surface area (Å²) in [4.78, 5) is 14.0. The predicted octanol–water partition coefficient (Wildman–Crippen LogP) is 3.40. The number of carbonyl (C=O) groups is 1. The second kappa shape index (κ2) is 9.07. The minimum absolute atomic E-state index is 0. The number of nitrogens with one attached hydrogen (secondary N) is 1. The van der Waals surface area contributed by atoms with Gasteiger partial charge in [-0.25, -0.2) is 5.48 Å². The molecular formula is C20H26N2O3S. The minimum atomic E-state index is -0.529. The maximum atomic E-state index is 11.6. The van der Waals surface area contributed by atoms with Crippen LogP contribution < -0.4 is 10.2 Å². The van der Waals surface area contributed by atoms with E-state index in [2.05, 4.69) is 43.0 Å². The zero-order valence-electron chi connectivity index (χ0n) is 15.2. The van der Waals surface area contributed by atoms with Crippen LogP contribution in [0, 0.1) is 6.92 Å². The van der Waals surface area contributed by atoms with Crippen molar-refractivity contribution in [3.63, 3.8) is 0 Å². The first-order chi connectivity index (χ1) is 12.1.